The summed E-state index contributed by atoms with van der Waals surface area (Å²) in [6.07, 6.45) is 1.94. The van der Waals surface area contributed by atoms with E-state index in [1.165, 1.54) is 16.8 Å². The molecule has 0 bridgehead atoms. The minimum Gasteiger partial charge on any atom is -0.308 e. The maximum atomic E-state index is 6.02. The fourth-order valence-electron chi connectivity index (χ4n) is 1.99. The van der Waals surface area contributed by atoms with Gasteiger partial charge in [-0.1, -0.05) is 23.7 Å². The first-order valence-corrected chi connectivity index (χ1v) is 7.24. The zero-order chi connectivity index (χ0) is 14.8. The van der Waals surface area contributed by atoms with Gasteiger partial charge in [-0.25, -0.2) is 0 Å². The number of hydrogen-bond donors (Lipinski definition) is 1. The molecule has 0 unspecified atom stereocenters. The minimum absolute atomic E-state index is 0.113. The SMILES string of the molecule is Cc1c(CNC(C)(C)C)cnn1Cc1cccc(Cl)c1. The zero-order valence-corrected chi connectivity index (χ0v) is 13.3. The van der Waals surface area contributed by atoms with E-state index in [1.54, 1.807) is 0 Å². The lowest BCUT2D eigenvalue weighted by molar-refractivity contribution is 0.423. The third kappa shape index (κ3) is 4.09. The van der Waals surface area contributed by atoms with Gasteiger partial charge in [-0.2, -0.15) is 5.10 Å². The minimum atomic E-state index is 0.113. The molecule has 4 heteroatoms. The lowest BCUT2D eigenvalue weighted by atomic mass is 10.1. The molecule has 0 fully saturated rings. The molecule has 0 spiro atoms. The van der Waals surface area contributed by atoms with E-state index >= 15 is 0 Å². The van der Waals surface area contributed by atoms with E-state index in [2.05, 4.69) is 44.2 Å². The summed E-state index contributed by atoms with van der Waals surface area (Å²) < 4.78 is 2.02. The fraction of sp³-hybridized carbons (Fsp3) is 0.438. The molecule has 0 aliphatic carbocycles. The molecule has 108 valence electrons. The molecule has 0 aliphatic rings. The third-order valence-corrected chi connectivity index (χ3v) is 3.47. The molecule has 0 aliphatic heterocycles. The van der Waals surface area contributed by atoms with Gasteiger partial charge in [0.25, 0.3) is 0 Å². The predicted octanol–water partition coefficient (Wildman–Crippen LogP) is 3.78. The Morgan fingerprint density at radius 1 is 1.30 bits per heavy atom. The summed E-state index contributed by atoms with van der Waals surface area (Å²) in [5, 5.41) is 8.73. The molecule has 20 heavy (non-hydrogen) atoms. The number of halogens is 1. The van der Waals surface area contributed by atoms with E-state index in [1.807, 2.05) is 29.1 Å². The fourth-order valence-corrected chi connectivity index (χ4v) is 2.20. The number of benzene rings is 1. The maximum absolute atomic E-state index is 6.02. The van der Waals surface area contributed by atoms with Crippen LogP contribution in [0.15, 0.2) is 30.5 Å². The summed E-state index contributed by atoms with van der Waals surface area (Å²) in [6, 6.07) is 7.91. The average molecular weight is 292 g/mol. The number of aromatic nitrogens is 2. The van der Waals surface area contributed by atoms with Gasteiger partial charge in [0.1, 0.15) is 0 Å². The number of nitrogens with zero attached hydrogens (tertiary/aromatic N) is 2. The second-order valence-corrected chi connectivity index (χ2v) is 6.58. The van der Waals surface area contributed by atoms with E-state index in [4.69, 9.17) is 11.6 Å². The van der Waals surface area contributed by atoms with Gasteiger partial charge in [-0.15, -0.1) is 0 Å². The van der Waals surface area contributed by atoms with Crippen molar-refractivity contribution in [3.05, 3.63) is 52.3 Å². The van der Waals surface area contributed by atoms with Crippen molar-refractivity contribution in [3.8, 4) is 0 Å². The average Bonchev–Trinajstić information content (AvgIpc) is 2.68. The van der Waals surface area contributed by atoms with Gasteiger partial charge in [0.2, 0.25) is 0 Å². The molecular weight excluding hydrogens is 270 g/mol. The van der Waals surface area contributed by atoms with Crippen LogP contribution in [0, 0.1) is 6.92 Å². The lowest BCUT2D eigenvalue weighted by Gasteiger charge is -2.20. The van der Waals surface area contributed by atoms with Crippen molar-refractivity contribution in [2.24, 2.45) is 0 Å². The monoisotopic (exact) mass is 291 g/mol. The van der Waals surface area contributed by atoms with Crippen molar-refractivity contribution in [1.29, 1.82) is 0 Å². The van der Waals surface area contributed by atoms with Crippen LogP contribution in [0.3, 0.4) is 0 Å². The van der Waals surface area contributed by atoms with Gasteiger partial charge in [-0.05, 0) is 45.4 Å². The van der Waals surface area contributed by atoms with Gasteiger partial charge >= 0.3 is 0 Å². The second kappa shape index (κ2) is 5.98. The van der Waals surface area contributed by atoms with E-state index in [9.17, 15) is 0 Å². The van der Waals surface area contributed by atoms with Crippen LogP contribution in [0.2, 0.25) is 5.02 Å². The largest absolute Gasteiger partial charge is 0.308 e. The third-order valence-electron chi connectivity index (χ3n) is 3.24. The first-order chi connectivity index (χ1) is 9.35. The summed E-state index contributed by atoms with van der Waals surface area (Å²) in [4.78, 5) is 0. The Bertz CT molecular complexity index is 582. The van der Waals surface area contributed by atoms with Gasteiger partial charge in [-0.3, -0.25) is 4.68 Å². The molecule has 2 aromatic rings. The van der Waals surface area contributed by atoms with Crippen LogP contribution < -0.4 is 5.32 Å². The van der Waals surface area contributed by atoms with Crippen molar-refractivity contribution >= 4 is 11.6 Å². The van der Waals surface area contributed by atoms with Crippen molar-refractivity contribution in [1.82, 2.24) is 15.1 Å². The van der Waals surface area contributed by atoms with E-state index in [0.717, 1.165) is 18.1 Å². The number of hydrogen-bond acceptors (Lipinski definition) is 2. The smallest absolute Gasteiger partial charge is 0.0663 e. The highest BCUT2D eigenvalue weighted by Crippen LogP contribution is 2.14. The molecule has 2 rings (SSSR count). The topological polar surface area (TPSA) is 29.9 Å². The van der Waals surface area contributed by atoms with Crippen LogP contribution >= 0.6 is 11.6 Å². The van der Waals surface area contributed by atoms with Gasteiger partial charge in [0, 0.05) is 28.4 Å². The number of nitrogens with one attached hydrogen (secondary N) is 1. The van der Waals surface area contributed by atoms with Crippen LogP contribution in [-0.4, -0.2) is 15.3 Å². The van der Waals surface area contributed by atoms with Crippen LogP contribution in [-0.2, 0) is 13.1 Å². The quantitative estimate of drug-likeness (QED) is 0.929. The van der Waals surface area contributed by atoms with Crippen LogP contribution in [0.5, 0.6) is 0 Å². The standard InChI is InChI=1S/C16H22ClN3/c1-12-14(9-18-16(2,3)4)10-19-20(12)11-13-6-5-7-15(17)8-13/h5-8,10,18H,9,11H2,1-4H3. The van der Waals surface area contributed by atoms with Crippen molar-refractivity contribution < 1.29 is 0 Å². The molecule has 1 aromatic heterocycles. The van der Waals surface area contributed by atoms with Crippen molar-refractivity contribution in [2.45, 2.75) is 46.3 Å². The molecule has 1 aromatic carbocycles. The summed E-state index contributed by atoms with van der Waals surface area (Å²) in [5.41, 5.74) is 3.71. The maximum Gasteiger partial charge on any atom is 0.0663 e. The molecule has 0 radical (unpaired) electrons. The summed E-state index contributed by atoms with van der Waals surface area (Å²) in [6.45, 7) is 10.2. The highest BCUT2D eigenvalue weighted by atomic mass is 35.5. The molecule has 0 amide bonds. The Hall–Kier alpha value is -1.32. The van der Waals surface area contributed by atoms with Crippen LogP contribution in [0.1, 0.15) is 37.6 Å². The van der Waals surface area contributed by atoms with E-state index < -0.39 is 0 Å². The van der Waals surface area contributed by atoms with Gasteiger partial charge in [0.05, 0.1) is 12.7 Å². The number of rotatable bonds is 4. The highest BCUT2D eigenvalue weighted by molar-refractivity contribution is 6.30. The normalized spacial score (nSPS) is 11.8. The van der Waals surface area contributed by atoms with E-state index in [-0.39, 0.29) is 5.54 Å². The van der Waals surface area contributed by atoms with Crippen molar-refractivity contribution in [3.63, 3.8) is 0 Å². The summed E-state index contributed by atoms with van der Waals surface area (Å²) >= 11 is 6.02. The van der Waals surface area contributed by atoms with Gasteiger partial charge in [0.15, 0.2) is 0 Å². The Labute approximate surface area is 126 Å². The molecule has 1 N–H and O–H groups in total. The Kier molecular flexibility index (Phi) is 4.51. The van der Waals surface area contributed by atoms with Crippen LogP contribution in [0.4, 0.5) is 0 Å². The van der Waals surface area contributed by atoms with Gasteiger partial charge < -0.3 is 5.32 Å². The Morgan fingerprint density at radius 3 is 2.70 bits per heavy atom. The highest BCUT2D eigenvalue weighted by Gasteiger charge is 2.12. The van der Waals surface area contributed by atoms with E-state index in [0.29, 0.717) is 0 Å². The lowest BCUT2D eigenvalue weighted by Crippen LogP contribution is -2.35. The Balaban J connectivity index is 2.09. The first-order valence-electron chi connectivity index (χ1n) is 6.86. The molecule has 0 saturated heterocycles. The summed E-state index contributed by atoms with van der Waals surface area (Å²) in [7, 11) is 0. The van der Waals surface area contributed by atoms with Crippen LogP contribution in [0.25, 0.3) is 0 Å². The zero-order valence-electron chi connectivity index (χ0n) is 12.6. The van der Waals surface area contributed by atoms with Crippen molar-refractivity contribution in [2.75, 3.05) is 0 Å². The molecular formula is C16H22ClN3. The Morgan fingerprint density at radius 2 is 2.05 bits per heavy atom. The first kappa shape index (κ1) is 15.1. The summed E-state index contributed by atoms with van der Waals surface area (Å²) in [5.74, 6) is 0. The predicted molar refractivity (Wildman–Crippen MR) is 84.1 cm³/mol. The second-order valence-electron chi connectivity index (χ2n) is 6.15. The molecule has 1 heterocycles. The molecule has 0 atom stereocenters. The molecule has 0 saturated carbocycles. The molecule has 3 nitrogen and oxygen atoms in total.